The number of nitrogens with two attached hydrogens (primary N) is 1. The molecule has 0 aliphatic carbocycles. The van der Waals surface area contributed by atoms with Gasteiger partial charge in [0.2, 0.25) is 5.91 Å². The number of morpholine rings is 1. The molecule has 0 spiro atoms. The SMILES string of the molecule is NC[C@H]1CN(C(=O)CC[C@@H]2CCCO2)CCO1. The van der Waals surface area contributed by atoms with E-state index in [4.69, 9.17) is 15.2 Å². The van der Waals surface area contributed by atoms with Gasteiger partial charge in [0.15, 0.2) is 0 Å². The van der Waals surface area contributed by atoms with Gasteiger partial charge in [0.1, 0.15) is 0 Å². The number of carbonyl (C=O) groups is 1. The van der Waals surface area contributed by atoms with Gasteiger partial charge in [-0.2, -0.15) is 0 Å². The molecule has 1 amide bonds. The molecule has 5 heteroatoms. The maximum atomic E-state index is 12.0. The van der Waals surface area contributed by atoms with Crippen molar-refractivity contribution in [2.45, 2.75) is 37.9 Å². The smallest absolute Gasteiger partial charge is 0.222 e. The van der Waals surface area contributed by atoms with E-state index in [-0.39, 0.29) is 12.0 Å². The van der Waals surface area contributed by atoms with E-state index in [0.29, 0.717) is 38.8 Å². The molecule has 2 saturated heterocycles. The highest BCUT2D eigenvalue weighted by molar-refractivity contribution is 5.76. The molecule has 5 nitrogen and oxygen atoms in total. The van der Waals surface area contributed by atoms with Crippen molar-refractivity contribution in [1.82, 2.24) is 4.90 Å². The van der Waals surface area contributed by atoms with Crippen LogP contribution in [0.2, 0.25) is 0 Å². The third-order valence-electron chi connectivity index (χ3n) is 3.46. The van der Waals surface area contributed by atoms with E-state index in [1.54, 1.807) is 0 Å². The predicted octanol–water partition coefficient (Wildman–Crippen LogP) is 0.132. The van der Waals surface area contributed by atoms with E-state index >= 15 is 0 Å². The summed E-state index contributed by atoms with van der Waals surface area (Å²) >= 11 is 0. The van der Waals surface area contributed by atoms with Gasteiger partial charge >= 0.3 is 0 Å². The standard InChI is InChI=1S/C12H22N2O3/c13-8-11-9-14(5-7-17-11)12(15)4-3-10-2-1-6-16-10/h10-11H,1-9,13H2/t10-,11-/m0/s1. The minimum Gasteiger partial charge on any atom is -0.378 e. The fourth-order valence-corrected chi connectivity index (χ4v) is 2.40. The van der Waals surface area contributed by atoms with Crippen molar-refractivity contribution in [3.8, 4) is 0 Å². The Bertz CT molecular complexity index is 254. The van der Waals surface area contributed by atoms with Crippen molar-refractivity contribution < 1.29 is 14.3 Å². The lowest BCUT2D eigenvalue weighted by atomic mass is 10.1. The molecular weight excluding hydrogens is 220 g/mol. The van der Waals surface area contributed by atoms with Gasteiger partial charge in [-0.25, -0.2) is 0 Å². The molecule has 2 aliphatic heterocycles. The topological polar surface area (TPSA) is 64.8 Å². The van der Waals surface area contributed by atoms with Crippen molar-refractivity contribution in [3.05, 3.63) is 0 Å². The number of hydrogen-bond donors (Lipinski definition) is 1. The Morgan fingerprint density at radius 1 is 1.29 bits per heavy atom. The molecule has 2 aliphatic rings. The van der Waals surface area contributed by atoms with E-state index in [1.807, 2.05) is 4.90 Å². The normalized spacial score (nSPS) is 29.6. The Balaban J connectivity index is 1.71. The van der Waals surface area contributed by atoms with Gasteiger partial charge in [0.05, 0.1) is 18.8 Å². The number of ether oxygens (including phenoxy) is 2. The predicted molar refractivity (Wildman–Crippen MR) is 63.6 cm³/mol. The Kier molecular flexibility index (Phi) is 4.76. The molecule has 0 aromatic carbocycles. The third kappa shape index (κ3) is 3.66. The van der Waals surface area contributed by atoms with Crippen molar-refractivity contribution in [2.24, 2.45) is 5.73 Å². The van der Waals surface area contributed by atoms with Crippen LogP contribution in [0, 0.1) is 0 Å². The van der Waals surface area contributed by atoms with Gasteiger partial charge in [-0.1, -0.05) is 0 Å². The summed E-state index contributed by atoms with van der Waals surface area (Å²) in [4.78, 5) is 13.9. The molecule has 0 bridgehead atoms. The first kappa shape index (κ1) is 12.8. The summed E-state index contributed by atoms with van der Waals surface area (Å²) < 4.78 is 11.0. The fourth-order valence-electron chi connectivity index (χ4n) is 2.40. The molecule has 0 aromatic rings. The van der Waals surface area contributed by atoms with Crippen LogP contribution in [0.5, 0.6) is 0 Å². The fraction of sp³-hybridized carbons (Fsp3) is 0.917. The lowest BCUT2D eigenvalue weighted by Crippen LogP contribution is -2.48. The van der Waals surface area contributed by atoms with Crippen LogP contribution < -0.4 is 5.73 Å². The largest absolute Gasteiger partial charge is 0.378 e. The monoisotopic (exact) mass is 242 g/mol. The summed E-state index contributed by atoms with van der Waals surface area (Å²) in [5.41, 5.74) is 5.56. The molecule has 0 radical (unpaired) electrons. The van der Waals surface area contributed by atoms with E-state index < -0.39 is 0 Å². The average Bonchev–Trinajstić information content (AvgIpc) is 2.89. The van der Waals surface area contributed by atoms with Gasteiger partial charge in [-0.3, -0.25) is 4.79 Å². The Morgan fingerprint density at radius 2 is 2.12 bits per heavy atom. The van der Waals surface area contributed by atoms with Crippen LogP contribution in [0.4, 0.5) is 0 Å². The molecule has 2 atom stereocenters. The van der Waals surface area contributed by atoms with Gasteiger partial charge in [-0.15, -0.1) is 0 Å². The molecule has 98 valence electrons. The summed E-state index contributed by atoms with van der Waals surface area (Å²) in [6.07, 6.45) is 3.97. The number of carbonyl (C=O) groups excluding carboxylic acids is 1. The molecule has 0 saturated carbocycles. The lowest BCUT2D eigenvalue weighted by Gasteiger charge is -2.32. The zero-order valence-corrected chi connectivity index (χ0v) is 10.3. The molecular formula is C12H22N2O3. The Labute approximate surface area is 102 Å². The lowest BCUT2D eigenvalue weighted by molar-refractivity contribution is -0.139. The van der Waals surface area contributed by atoms with Crippen LogP contribution in [0.25, 0.3) is 0 Å². The highest BCUT2D eigenvalue weighted by Crippen LogP contribution is 2.17. The van der Waals surface area contributed by atoms with Gasteiger partial charge in [0.25, 0.3) is 0 Å². The van der Waals surface area contributed by atoms with Crippen molar-refractivity contribution >= 4 is 5.91 Å². The number of rotatable bonds is 4. The molecule has 17 heavy (non-hydrogen) atoms. The highest BCUT2D eigenvalue weighted by atomic mass is 16.5. The zero-order valence-electron chi connectivity index (χ0n) is 10.3. The van der Waals surface area contributed by atoms with Gasteiger partial charge in [-0.05, 0) is 19.3 Å². The molecule has 0 aromatic heterocycles. The summed E-state index contributed by atoms with van der Waals surface area (Å²) in [7, 11) is 0. The van der Waals surface area contributed by atoms with Crippen LogP contribution in [0.15, 0.2) is 0 Å². The molecule has 0 unspecified atom stereocenters. The maximum absolute atomic E-state index is 12.0. The molecule has 2 heterocycles. The molecule has 2 rings (SSSR count). The summed E-state index contributed by atoms with van der Waals surface area (Å²) in [6.45, 7) is 3.27. The van der Waals surface area contributed by atoms with Gasteiger partial charge < -0.3 is 20.1 Å². The van der Waals surface area contributed by atoms with Crippen LogP contribution in [0.3, 0.4) is 0 Å². The first-order valence-electron chi connectivity index (χ1n) is 6.50. The number of nitrogens with zero attached hydrogens (tertiary/aromatic N) is 1. The minimum atomic E-state index is 0.00966. The van der Waals surface area contributed by atoms with E-state index in [9.17, 15) is 4.79 Å². The Hall–Kier alpha value is -0.650. The zero-order chi connectivity index (χ0) is 12.1. The number of hydrogen-bond acceptors (Lipinski definition) is 4. The maximum Gasteiger partial charge on any atom is 0.222 e. The minimum absolute atomic E-state index is 0.00966. The van der Waals surface area contributed by atoms with E-state index in [2.05, 4.69) is 0 Å². The van der Waals surface area contributed by atoms with Crippen LogP contribution in [0.1, 0.15) is 25.7 Å². The summed E-state index contributed by atoms with van der Waals surface area (Å²) in [5.74, 6) is 0.210. The highest BCUT2D eigenvalue weighted by Gasteiger charge is 2.24. The molecule has 2 N–H and O–H groups in total. The first-order chi connectivity index (χ1) is 8.29. The second kappa shape index (κ2) is 6.33. The van der Waals surface area contributed by atoms with E-state index in [1.165, 1.54) is 0 Å². The third-order valence-corrected chi connectivity index (χ3v) is 3.46. The number of amides is 1. The second-order valence-corrected chi connectivity index (χ2v) is 4.74. The quantitative estimate of drug-likeness (QED) is 0.761. The summed E-state index contributed by atoms with van der Waals surface area (Å²) in [6, 6.07) is 0. The average molecular weight is 242 g/mol. The van der Waals surface area contributed by atoms with E-state index in [0.717, 1.165) is 25.9 Å². The first-order valence-corrected chi connectivity index (χ1v) is 6.50. The van der Waals surface area contributed by atoms with Crippen molar-refractivity contribution in [1.29, 1.82) is 0 Å². The molecule has 2 fully saturated rings. The summed E-state index contributed by atoms with van der Waals surface area (Å²) in [5, 5.41) is 0. The Morgan fingerprint density at radius 3 is 2.82 bits per heavy atom. The van der Waals surface area contributed by atoms with Crippen molar-refractivity contribution in [3.63, 3.8) is 0 Å². The van der Waals surface area contributed by atoms with Gasteiger partial charge in [0, 0.05) is 32.7 Å². The second-order valence-electron chi connectivity index (χ2n) is 4.74. The van der Waals surface area contributed by atoms with Crippen LogP contribution in [-0.2, 0) is 14.3 Å². The van der Waals surface area contributed by atoms with Crippen LogP contribution in [-0.4, -0.2) is 55.9 Å². The van der Waals surface area contributed by atoms with Crippen LogP contribution >= 0.6 is 0 Å². The van der Waals surface area contributed by atoms with Crippen molar-refractivity contribution in [2.75, 3.05) is 32.8 Å².